The normalized spacial score (nSPS) is 17.1. The van der Waals surface area contributed by atoms with E-state index in [2.05, 4.69) is 24.8 Å². The van der Waals surface area contributed by atoms with Crippen LogP contribution < -0.4 is 10.5 Å². The van der Waals surface area contributed by atoms with Gasteiger partial charge in [0.25, 0.3) is 5.56 Å². The predicted molar refractivity (Wildman–Crippen MR) is 129 cm³/mol. The molecule has 0 amide bonds. The summed E-state index contributed by atoms with van der Waals surface area (Å²) in [6.07, 6.45) is 9.76. The second-order valence-electron chi connectivity index (χ2n) is 8.02. The van der Waals surface area contributed by atoms with Gasteiger partial charge in [-0.2, -0.15) is 5.10 Å². The zero-order valence-corrected chi connectivity index (χ0v) is 19.6. The van der Waals surface area contributed by atoms with Gasteiger partial charge in [0.15, 0.2) is 10.7 Å². The molecule has 1 saturated heterocycles. The monoisotopic (exact) mass is 494 g/mol. The van der Waals surface area contributed by atoms with Crippen molar-refractivity contribution in [1.29, 1.82) is 0 Å². The molecule has 34 heavy (non-hydrogen) atoms. The van der Waals surface area contributed by atoms with Crippen molar-refractivity contribution in [3.63, 3.8) is 0 Å². The van der Waals surface area contributed by atoms with Crippen LogP contribution in [0.2, 0.25) is 5.02 Å². The molecule has 6 rings (SSSR count). The Kier molecular flexibility index (Phi) is 5.05. The number of nitrogens with zero attached hydrogens (tertiary/aromatic N) is 7. The van der Waals surface area contributed by atoms with E-state index in [1.165, 1.54) is 15.4 Å². The van der Waals surface area contributed by atoms with E-state index in [1.54, 1.807) is 43.0 Å². The highest BCUT2D eigenvalue weighted by Crippen LogP contribution is 2.39. The Morgan fingerprint density at radius 3 is 2.91 bits per heavy atom. The van der Waals surface area contributed by atoms with Crippen LogP contribution >= 0.6 is 11.6 Å². The van der Waals surface area contributed by atoms with Gasteiger partial charge in [-0.15, -0.1) is 0 Å². The quantitative estimate of drug-likeness (QED) is 0.381. The molecule has 0 aliphatic carbocycles. The highest BCUT2D eigenvalue weighted by atomic mass is 35.5. The van der Waals surface area contributed by atoms with Crippen molar-refractivity contribution >= 4 is 45.1 Å². The number of hydrogen-bond acceptors (Lipinski definition) is 7. The smallest absolute Gasteiger partial charge is 0.285 e. The van der Waals surface area contributed by atoms with E-state index >= 15 is 0 Å². The van der Waals surface area contributed by atoms with Crippen LogP contribution in [-0.2, 0) is 11.2 Å². The summed E-state index contributed by atoms with van der Waals surface area (Å²) in [4.78, 5) is 32.8. The Balaban J connectivity index is 1.59. The fraction of sp³-hybridized carbons (Fsp3) is 0.227. The molecule has 10 nitrogen and oxygen atoms in total. The van der Waals surface area contributed by atoms with Crippen LogP contribution in [0.1, 0.15) is 24.7 Å². The average molecular weight is 495 g/mol. The van der Waals surface area contributed by atoms with E-state index in [0.29, 0.717) is 50.5 Å². The molecular formula is C22H19ClN8O2S. The molecule has 6 heterocycles. The van der Waals surface area contributed by atoms with Crippen molar-refractivity contribution < 1.29 is 4.55 Å². The minimum absolute atomic E-state index is 0.272. The number of aromatic amines is 1. The minimum Gasteiger partial charge on any atom is -0.612 e. The molecule has 0 spiro atoms. The predicted octanol–water partition coefficient (Wildman–Crippen LogP) is 2.88. The molecule has 1 fully saturated rings. The highest BCUT2D eigenvalue weighted by Gasteiger charge is 2.35. The molecule has 172 valence electrons. The first-order chi connectivity index (χ1) is 16.5. The van der Waals surface area contributed by atoms with E-state index in [-0.39, 0.29) is 11.6 Å². The van der Waals surface area contributed by atoms with Gasteiger partial charge >= 0.3 is 0 Å². The molecule has 1 aliphatic rings. The Labute approximate surface area is 201 Å². The molecular weight excluding hydrogens is 476 g/mol. The molecule has 2 atom stereocenters. The summed E-state index contributed by atoms with van der Waals surface area (Å²) in [7, 11) is 0. The number of pyridine rings is 1. The van der Waals surface area contributed by atoms with Gasteiger partial charge in [0.2, 0.25) is 0 Å². The Morgan fingerprint density at radius 1 is 1.24 bits per heavy atom. The second kappa shape index (κ2) is 8.12. The fourth-order valence-corrected chi connectivity index (χ4v) is 5.55. The lowest BCUT2D eigenvalue weighted by atomic mass is 10.2. The van der Waals surface area contributed by atoms with E-state index in [0.717, 1.165) is 12.8 Å². The standard InChI is InChI=1S/C22H19ClN8O2S/c1-34(33)15-11-25-19-17(15)21(27-12-26-19)29-9-4-5-14(29)20-28-30-10-7-13(23)18(30)22(32)31(20)16-6-2-3-8-24-16/h2-3,6-8,10-12,14H,4-5,9H2,1H3,(H,25,26,27)/t14-,34?/m0/s1. The van der Waals surface area contributed by atoms with Crippen LogP contribution in [-0.4, -0.2) is 51.5 Å². The number of aromatic nitrogens is 7. The Bertz CT molecular complexity index is 1580. The number of rotatable bonds is 4. The number of anilines is 1. The zero-order valence-electron chi connectivity index (χ0n) is 18.1. The largest absolute Gasteiger partial charge is 0.612 e. The zero-order chi connectivity index (χ0) is 23.4. The van der Waals surface area contributed by atoms with Crippen molar-refractivity contribution in [1.82, 2.24) is 34.1 Å². The lowest BCUT2D eigenvalue weighted by Gasteiger charge is -2.27. The van der Waals surface area contributed by atoms with Crippen LogP contribution in [0.15, 0.2) is 58.9 Å². The van der Waals surface area contributed by atoms with Crippen LogP contribution in [0.3, 0.4) is 0 Å². The van der Waals surface area contributed by atoms with Gasteiger partial charge in [-0.1, -0.05) is 17.7 Å². The molecule has 0 bridgehead atoms. The second-order valence-corrected chi connectivity index (χ2v) is 9.78. The average Bonchev–Trinajstić information content (AvgIpc) is 3.57. The molecule has 0 aromatic carbocycles. The summed E-state index contributed by atoms with van der Waals surface area (Å²) in [6, 6.07) is 6.77. The van der Waals surface area contributed by atoms with Crippen molar-refractivity contribution in [2.45, 2.75) is 23.8 Å². The maximum atomic E-state index is 13.6. The lowest BCUT2D eigenvalue weighted by Crippen LogP contribution is -2.33. The first kappa shape index (κ1) is 21.1. The van der Waals surface area contributed by atoms with E-state index in [9.17, 15) is 9.35 Å². The first-order valence-electron chi connectivity index (χ1n) is 10.7. The van der Waals surface area contributed by atoms with Gasteiger partial charge in [0.05, 0.1) is 17.3 Å². The minimum atomic E-state index is -1.23. The molecule has 5 aromatic heterocycles. The first-order valence-corrected chi connectivity index (χ1v) is 12.6. The molecule has 0 radical (unpaired) electrons. The Morgan fingerprint density at radius 2 is 2.12 bits per heavy atom. The van der Waals surface area contributed by atoms with Gasteiger partial charge < -0.3 is 14.4 Å². The van der Waals surface area contributed by atoms with E-state index in [1.807, 2.05) is 6.07 Å². The summed E-state index contributed by atoms with van der Waals surface area (Å²) >= 11 is 5.09. The topological polar surface area (TPSA) is 120 Å². The lowest BCUT2D eigenvalue weighted by molar-refractivity contribution is 0.597. The van der Waals surface area contributed by atoms with Gasteiger partial charge in [-0.05, 0) is 42.2 Å². The summed E-state index contributed by atoms with van der Waals surface area (Å²) in [5.74, 6) is 1.65. The van der Waals surface area contributed by atoms with Crippen molar-refractivity contribution in [3.8, 4) is 5.82 Å². The summed E-state index contributed by atoms with van der Waals surface area (Å²) in [5.41, 5.74) is 0.610. The SMILES string of the molecule is C[S+]([O-])c1c[nH]c2ncnc(N3CCC[C@H]3c3nn4ccc(Cl)c4c(=O)n3-c3ccccn3)c12. The van der Waals surface area contributed by atoms with Crippen molar-refractivity contribution in [3.05, 3.63) is 70.4 Å². The third-order valence-electron chi connectivity index (χ3n) is 6.09. The maximum Gasteiger partial charge on any atom is 0.285 e. The van der Waals surface area contributed by atoms with Crippen molar-refractivity contribution in [2.24, 2.45) is 0 Å². The summed E-state index contributed by atoms with van der Waals surface area (Å²) in [6.45, 7) is 0.695. The van der Waals surface area contributed by atoms with Crippen LogP contribution in [0.25, 0.3) is 22.4 Å². The van der Waals surface area contributed by atoms with Crippen LogP contribution in [0, 0.1) is 0 Å². The van der Waals surface area contributed by atoms with Gasteiger partial charge in [0.1, 0.15) is 40.8 Å². The van der Waals surface area contributed by atoms with Gasteiger partial charge in [-0.25, -0.2) is 24.0 Å². The number of nitrogens with one attached hydrogen (secondary N) is 1. The van der Waals surface area contributed by atoms with Crippen molar-refractivity contribution in [2.75, 3.05) is 17.7 Å². The van der Waals surface area contributed by atoms with E-state index < -0.39 is 11.2 Å². The molecule has 12 heteroatoms. The number of hydrogen-bond donors (Lipinski definition) is 1. The third-order valence-corrected chi connectivity index (χ3v) is 7.33. The third kappa shape index (κ3) is 3.19. The van der Waals surface area contributed by atoms with E-state index in [4.69, 9.17) is 16.7 Å². The number of fused-ring (bicyclic) bond motifs is 2. The summed E-state index contributed by atoms with van der Waals surface area (Å²) in [5, 5.41) is 5.86. The molecule has 1 unspecified atom stereocenters. The highest BCUT2D eigenvalue weighted by molar-refractivity contribution is 7.91. The molecule has 5 aromatic rings. The Hall–Kier alpha value is -3.41. The molecule has 1 N–H and O–H groups in total. The van der Waals surface area contributed by atoms with Gasteiger partial charge in [-0.3, -0.25) is 4.79 Å². The fourth-order valence-electron chi connectivity index (χ4n) is 4.62. The maximum absolute atomic E-state index is 13.6. The van der Waals surface area contributed by atoms with Gasteiger partial charge in [0, 0.05) is 18.9 Å². The number of halogens is 1. The van der Waals surface area contributed by atoms with Crippen LogP contribution in [0.5, 0.6) is 0 Å². The number of H-pyrrole nitrogens is 1. The molecule has 0 saturated carbocycles. The van der Waals surface area contributed by atoms with Crippen LogP contribution in [0.4, 0.5) is 5.82 Å². The molecule has 1 aliphatic heterocycles. The summed E-state index contributed by atoms with van der Waals surface area (Å²) < 4.78 is 15.5.